The van der Waals surface area contributed by atoms with Gasteiger partial charge in [-0.3, -0.25) is 4.79 Å². The molecule has 0 radical (unpaired) electrons. The predicted molar refractivity (Wildman–Crippen MR) is 98.1 cm³/mol. The van der Waals surface area contributed by atoms with Gasteiger partial charge in [-0.2, -0.15) is 5.10 Å². The first-order valence-corrected chi connectivity index (χ1v) is 8.43. The van der Waals surface area contributed by atoms with Crippen LogP contribution in [0.5, 0.6) is 5.75 Å². The van der Waals surface area contributed by atoms with Crippen LogP contribution in [-0.4, -0.2) is 21.7 Å². The number of carbonyl (C=O) groups excluding carboxylic acids is 1. The molecular formula is C21H18N2O3. The minimum Gasteiger partial charge on any atom is -0.507 e. The average molecular weight is 346 g/mol. The number of phenolic OH excluding ortho intramolecular Hbond substituents is 1. The van der Waals surface area contributed by atoms with Gasteiger partial charge in [0.2, 0.25) is 0 Å². The summed E-state index contributed by atoms with van der Waals surface area (Å²) < 4.78 is 5.27. The molecule has 1 N–H and O–H groups in total. The van der Waals surface area contributed by atoms with Gasteiger partial charge in [-0.05, 0) is 36.8 Å². The number of hydrogen-bond donors (Lipinski definition) is 1. The Morgan fingerprint density at radius 1 is 1.12 bits per heavy atom. The van der Waals surface area contributed by atoms with Crippen LogP contribution in [0.25, 0.3) is 0 Å². The molecule has 0 fully saturated rings. The van der Waals surface area contributed by atoms with E-state index in [4.69, 9.17) is 4.42 Å². The van der Waals surface area contributed by atoms with Crippen molar-refractivity contribution in [1.29, 1.82) is 0 Å². The van der Waals surface area contributed by atoms with E-state index in [2.05, 4.69) is 5.10 Å². The second-order valence-corrected chi connectivity index (χ2v) is 6.32. The Balaban J connectivity index is 1.75. The second kappa shape index (κ2) is 6.52. The topological polar surface area (TPSA) is 66.0 Å². The fourth-order valence-corrected chi connectivity index (χ4v) is 3.14. The molecule has 1 aromatic heterocycles. The van der Waals surface area contributed by atoms with Crippen molar-refractivity contribution in [3.63, 3.8) is 0 Å². The molecule has 0 spiro atoms. The molecule has 0 saturated carbocycles. The average Bonchev–Trinajstić information content (AvgIpc) is 3.32. The molecule has 26 heavy (non-hydrogen) atoms. The van der Waals surface area contributed by atoms with Gasteiger partial charge in [0, 0.05) is 12.0 Å². The van der Waals surface area contributed by atoms with Crippen molar-refractivity contribution in [2.45, 2.75) is 19.4 Å². The molecule has 1 aliphatic rings. The van der Waals surface area contributed by atoms with Crippen molar-refractivity contribution in [3.8, 4) is 5.75 Å². The molecule has 0 saturated heterocycles. The van der Waals surface area contributed by atoms with Crippen molar-refractivity contribution >= 4 is 11.6 Å². The molecule has 4 rings (SSSR count). The number of nitrogens with zero attached hydrogens (tertiary/aromatic N) is 2. The second-order valence-electron chi connectivity index (χ2n) is 6.32. The number of aromatic hydroxyl groups is 1. The van der Waals surface area contributed by atoms with Crippen molar-refractivity contribution in [2.75, 3.05) is 0 Å². The Kier molecular flexibility index (Phi) is 4.05. The summed E-state index contributed by atoms with van der Waals surface area (Å²) in [4.78, 5) is 12.9. The van der Waals surface area contributed by atoms with Crippen molar-refractivity contribution in [1.82, 2.24) is 5.01 Å². The van der Waals surface area contributed by atoms with E-state index in [1.807, 2.05) is 37.3 Å². The lowest BCUT2D eigenvalue weighted by atomic mass is 9.97. The monoisotopic (exact) mass is 346 g/mol. The minimum absolute atomic E-state index is 0.154. The molecular weight excluding hydrogens is 328 g/mol. The third kappa shape index (κ3) is 2.88. The predicted octanol–water partition coefficient (Wildman–Crippen LogP) is 4.29. The molecule has 2 aromatic carbocycles. The number of hydrazone groups is 1. The number of benzene rings is 2. The van der Waals surface area contributed by atoms with Crippen LogP contribution in [0.3, 0.4) is 0 Å². The van der Waals surface area contributed by atoms with Gasteiger partial charge < -0.3 is 9.52 Å². The highest BCUT2D eigenvalue weighted by molar-refractivity contribution is 6.06. The van der Waals surface area contributed by atoms with E-state index in [1.165, 1.54) is 11.3 Å². The smallest absolute Gasteiger partial charge is 0.310 e. The molecule has 1 atom stereocenters. The summed E-state index contributed by atoms with van der Waals surface area (Å²) >= 11 is 0. The SMILES string of the molecule is Cc1ccc(C2CC(c3ccccc3O)=NN2C(=O)c2ccco2)cc1. The fraction of sp³-hybridized carbons (Fsp3) is 0.143. The van der Waals surface area contributed by atoms with E-state index in [0.29, 0.717) is 17.7 Å². The lowest BCUT2D eigenvalue weighted by Gasteiger charge is -2.21. The summed E-state index contributed by atoms with van der Waals surface area (Å²) in [5.41, 5.74) is 3.45. The van der Waals surface area contributed by atoms with Gasteiger partial charge >= 0.3 is 5.91 Å². The molecule has 1 unspecified atom stereocenters. The van der Waals surface area contributed by atoms with Crippen LogP contribution < -0.4 is 0 Å². The van der Waals surface area contributed by atoms with Crippen LogP contribution in [-0.2, 0) is 0 Å². The molecule has 0 bridgehead atoms. The van der Waals surface area contributed by atoms with Crippen LogP contribution in [0.15, 0.2) is 76.4 Å². The van der Waals surface area contributed by atoms with Gasteiger partial charge in [0.15, 0.2) is 5.76 Å². The maximum absolute atomic E-state index is 12.9. The number of para-hydroxylation sites is 1. The van der Waals surface area contributed by atoms with E-state index >= 15 is 0 Å². The number of phenols is 1. The van der Waals surface area contributed by atoms with Crippen LogP contribution >= 0.6 is 0 Å². The zero-order chi connectivity index (χ0) is 18.1. The quantitative estimate of drug-likeness (QED) is 0.769. The van der Waals surface area contributed by atoms with Crippen molar-refractivity contribution < 1.29 is 14.3 Å². The minimum atomic E-state index is -0.300. The Morgan fingerprint density at radius 3 is 2.58 bits per heavy atom. The van der Waals surface area contributed by atoms with Crippen LogP contribution in [0.1, 0.15) is 39.7 Å². The van der Waals surface area contributed by atoms with E-state index in [1.54, 1.807) is 30.3 Å². The van der Waals surface area contributed by atoms with Crippen LogP contribution in [0, 0.1) is 6.92 Å². The Hall–Kier alpha value is -3.34. The zero-order valence-corrected chi connectivity index (χ0v) is 14.3. The molecule has 1 aliphatic heterocycles. The van der Waals surface area contributed by atoms with Gasteiger partial charge in [0.1, 0.15) is 5.75 Å². The first-order chi connectivity index (χ1) is 12.6. The zero-order valence-electron chi connectivity index (χ0n) is 14.3. The van der Waals surface area contributed by atoms with E-state index in [9.17, 15) is 9.90 Å². The highest BCUT2D eigenvalue weighted by atomic mass is 16.3. The summed E-state index contributed by atoms with van der Waals surface area (Å²) in [6.07, 6.45) is 1.99. The highest BCUT2D eigenvalue weighted by Crippen LogP contribution is 2.35. The molecule has 3 aromatic rings. The number of carbonyl (C=O) groups is 1. The summed E-state index contributed by atoms with van der Waals surface area (Å²) in [6.45, 7) is 2.02. The third-order valence-corrected chi connectivity index (χ3v) is 4.53. The summed E-state index contributed by atoms with van der Waals surface area (Å²) in [6, 6.07) is 18.1. The lowest BCUT2D eigenvalue weighted by Crippen LogP contribution is -2.26. The van der Waals surface area contributed by atoms with Gasteiger partial charge in [-0.15, -0.1) is 0 Å². The molecule has 0 aliphatic carbocycles. The maximum Gasteiger partial charge on any atom is 0.310 e. The number of hydrogen-bond acceptors (Lipinski definition) is 4. The number of rotatable bonds is 3. The Bertz CT molecular complexity index is 959. The molecule has 5 nitrogen and oxygen atoms in total. The number of aryl methyl sites for hydroxylation is 1. The Labute approximate surface area is 151 Å². The summed E-state index contributed by atoms with van der Waals surface area (Å²) in [7, 11) is 0. The largest absolute Gasteiger partial charge is 0.507 e. The standard InChI is InChI=1S/C21H18N2O3/c1-14-8-10-15(11-9-14)18-13-17(16-5-2-3-6-19(16)24)22-23(18)21(25)20-7-4-12-26-20/h2-12,18,24H,13H2,1H3. The van der Waals surface area contributed by atoms with Crippen molar-refractivity contribution in [2.24, 2.45) is 5.10 Å². The van der Waals surface area contributed by atoms with Gasteiger partial charge in [-0.25, -0.2) is 5.01 Å². The number of amides is 1. The van der Waals surface area contributed by atoms with Gasteiger partial charge in [-0.1, -0.05) is 42.0 Å². The molecule has 2 heterocycles. The summed E-state index contributed by atoms with van der Waals surface area (Å²) in [5, 5.41) is 16.2. The first kappa shape index (κ1) is 16.1. The third-order valence-electron chi connectivity index (χ3n) is 4.53. The lowest BCUT2D eigenvalue weighted by molar-refractivity contribution is 0.0678. The maximum atomic E-state index is 12.9. The van der Waals surface area contributed by atoms with Crippen LogP contribution in [0.4, 0.5) is 0 Å². The van der Waals surface area contributed by atoms with E-state index < -0.39 is 0 Å². The molecule has 130 valence electrons. The van der Waals surface area contributed by atoms with Gasteiger partial charge in [0.25, 0.3) is 0 Å². The van der Waals surface area contributed by atoms with Gasteiger partial charge in [0.05, 0.1) is 18.0 Å². The highest BCUT2D eigenvalue weighted by Gasteiger charge is 2.35. The first-order valence-electron chi connectivity index (χ1n) is 8.43. The van der Waals surface area contributed by atoms with Crippen LogP contribution in [0.2, 0.25) is 0 Å². The fourth-order valence-electron chi connectivity index (χ4n) is 3.14. The normalized spacial score (nSPS) is 16.6. The van der Waals surface area contributed by atoms with Crippen molar-refractivity contribution in [3.05, 3.63) is 89.4 Å². The van der Waals surface area contributed by atoms with E-state index in [0.717, 1.165) is 11.1 Å². The van der Waals surface area contributed by atoms with E-state index in [-0.39, 0.29) is 23.5 Å². The Morgan fingerprint density at radius 2 is 1.88 bits per heavy atom. The summed E-state index contributed by atoms with van der Waals surface area (Å²) in [5.74, 6) is 0.0941. The molecule has 1 amide bonds. The molecule has 5 heteroatoms. The number of furan rings is 1.